The summed E-state index contributed by atoms with van der Waals surface area (Å²) in [7, 11) is 1.48. The highest BCUT2D eigenvalue weighted by Crippen LogP contribution is 2.21. The minimum Gasteiger partial charge on any atom is -0.467 e. The summed E-state index contributed by atoms with van der Waals surface area (Å²) in [6, 6.07) is 0. The predicted octanol–water partition coefficient (Wildman–Crippen LogP) is 2.16. The first-order valence-electron chi connectivity index (χ1n) is 5.69. The number of ether oxygens (including phenoxy) is 1. The molecule has 0 fully saturated rings. The SMILES string of the molecule is CCC(C)(C)CNC(=O)c1noc(OC)c1C. The van der Waals surface area contributed by atoms with Gasteiger partial charge >= 0.3 is 5.95 Å². The van der Waals surface area contributed by atoms with E-state index < -0.39 is 0 Å². The molecule has 1 aromatic heterocycles. The number of nitrogens with zero attached hydrogens (tertiary/aromatic N) is 1. The Bertz CT molecular complexity index is 396. The van der Waals surface area contributed by atoms with Crippen LogP contribution in [0, 0.1) is 12.3 Å². The summed E-state index contributed by atoms with van der Waals surface area (Å²) in [5, 5.41) is 6.55. The van der Waals surface area contributed by atoms with Gasteiger partial charge in [0, 0.05) is 6.54 Å². The van der Waals surface area contributed by atoms with Crippen molar-refractivity contribution < 1.29 is 14.1 Å². The molecule has 0 atom stereocenters. The Labute approximate surface area is 102 Å². The lowest BCUT2D eigenvalue weighted by molar-refractivity contribution is 0.0926. The summed E-state index contributed by atoms with van der Waals surface area (Å²) in [6.45, 7) is 8.65. The summed E-state index contributed by atoms with van der Waals surface area (Å²) in [6.07, 6.45) is 0.994. The van der Waals surface area contributed by atoms with Crippen molar-refractivity contribution in [3.8, 4) is 5.95 Å². The zero-order chi connectivity index (χ0) is 13.1. The van der Waals surface area contributed by atoms with E-state index in [2.05, 4.69) is 31.2 Å². The lowest BCUT2D eigenvalue weighted by atomic mass is 9.90. The van der Waals surface area contributed by atoms with E-state index in [1.54, 1.807) is 6.92 Å². The van der Waals surface area contributed by atoms with E-state index in [0.29, 0.717) is 12.1 Å². The fraction of sp³-hybridized carbons (Fsp3) is 0.667. The molecule has 1 N–H and O–H groups in total. The number of hydrogen-bond acceptors (Lipinski definition) is 4. The quantitative estimate of drug-likeness (QED) is 0.856. The summed E-state index contributed by atoms with van der Waals surface area (Å²) in [4.78, 5) is 11.9. The van der Waals surface area contributed by atoms with E-state index in [9.17, 15) is 4.79 Å². The summed E-state index contributed by atoms with van der Waals surface area (Å²) < 4.78 is 9.82. The highest BCUT2D eigenvalue weighted by molar-refractivity contribution is 5.93. The average Bonchev–Trinajstić information content (AvgIpc) is 2.67. The topological polar surface area (TPSA) is 64.4 Å². The Balaban J connectivity index is 2.67. The van der Waals surface area contributed by atoms with Gasteiger partial charge in [-0.3, -0.25) is 4.79 Å². The summed E-state index contributed by atoms with van der Waals surface area (Å²) in [5.74, 6) is 0.0565. The van der Waals surface area contributed by atoms with Crippen molar-refractivity contribution in [1.29, 1.82) is 0 Å². The lowest BCUT2D eigenvalue weighted by Crippen LogP contribution is -2.34. The second kappa shape index (κ2) is 5.21. The Kier molecular flexibility index (Phi) is 4.15. The van der Waals surface area contributed by atoms with Crippen molar-refractivity contribution in [2.24, 2.45) is 5.41 Å². The van der Waals surface area contributed by atoms with Crippen molar-refractivity contribution >= 4 is 5.91 Å². The molecule has 0 aliphatic heterocycles. The van der Waals surface area contributed by atoms with Crippen molar-refractivity contribution in [2.45, 2.75) is 34.1 Å². The van der Waals surface area contributed by atoms with Gasteiger partial charge in [0.1, 0.15) is 0 Å². The molecule has 1 aromatic rings. The molecule has 1 amide bonds. The Morgan fingerprint density at radius 2 is 2.18 bits per heavy atom. The van der Waals surface area contributed by atoms with Crippen LogP contribution in [-0.2, 0) is 0 Å². The number of amides is 1. The molecule has 0 bridgehead atoms. The largest absolute Gasteiger partial charge is 0.467 e. The van der Waals surface area contributed by atoms with Crippen LogP contribution in [0.5, 0.6) is 5.95 Å². The van der Waals surface area contributed by atoms with Gasteiger partial charge in [-0.25, -0.2) is 0 Å². The molecule has 0 aliphatic carbocycles. The number of carbonyl (C=O) groups excluding carboxylic acids is 1. The molecule has 0 spiro atoms. The third kappa shape index (κ3) is 3.22. The molecular weight excluding hydrogens is 220 g/mol. The van der Waals surface area contributed by atoms with Crippen LogP contribution in [0.4, 0.5) is 0 Å². The molecular formula is C12H20N2O3. The molecule has 5 heteroatoms. The van der Waals surface area contributed by atoms with Crippen LogP contribution in [0.25, 0.3) is 0 Å². The van der Waals surface area contributed by atoms with Crippen LogP contribution in [-0.4, -0.2) is 24.7 Å². The fourth-order valence-corrected chi connectivity index (χ4v) is 1.25. The predicted molar refractivity (Wildman–Crippen MR) is 64.2 cm³/mol. The number of hydrogen-bond donors (Lipinski definition) is 1. The van der Waals surface area contributed by atoms with Gasteiger partial charge < -0.3 is 14.6 Å². The number of rotatable bonds is 5. The summed E-state index contributed by atoms with van der Waals surface area (Å²) >= 11 is 0. The highest BCUT2D eigenvalue weighted by atomic mass is 16.6. The van der Waals surface area contributed by atoms with Crippen LogP contribution in [0.1, 0.15) is 43.2 Å². The average molecular weight is 240 g/mol. The molecule has 0 aliphatic rings. The first-order chi connectivity index (χ1) is 7.91. The first-order valence-corrected chi connectivity index (χ1v) is 5.69. The van der Waals surface area contributed by atoms with E-state index >= 15 is 0 Å². The van der Waals surface area contributed by atoms with Gasteiger partial charge in [0.15, 0.2) is 5.69 Å². The zero-order valence-corrected chi connectivity index (χ0v) is 11.1. The van der Waals surface area contributed by atoms with Gasteiger partial charge in [0.25, 0.3) is 5.91 Å². The van der Waals surface area contributed by atoms with E-state index in [0.717, 1.165) is 6.42 Å². The highest BCUT2D eigenvalue weighted by Gasteiger charge is 2.21. The van der Waals surface area contributed by atoms with Gasteiger partial charge in [-0.2, -0.15) is 0 Å². The number of methoxy groups -OCH3 is 1. The van der Waals surface area contributed by atoms with Gasteiger partial charge in [-0.05, 0) is 18.8 Å². The van der Waals surface area contributed by atoms with Crippen LogP contribution in [0.2, 0.25) is 0 Å². The van der Waals surface area contributed by atoms with Crippen molar-refractivity contribution in [1.82, 2.24) is 10.5 Å². The molecule has 0 saturated carbocycles. The van der Waals surface area contributed by atoms with E-state index in [1.165, 1.54) is 7.11 Å². The lowest BCUT2D eigenvalue weighted by Gasteiger charge is -2.22. The van der Waals surface area contributed by atoms with Crippen molar-refractivity contribution in [2.75, 3.05) is 13.7 Å². The standard InChI is InChI=1S/C12H20N2O3/c1-6-12(3,4)7-13-10(15)9-8(2)11(16-5)17-14-9/h6-7H2,1-5H3,(H,13,15). The molecule has 96 valence electrons. The number of carbonyl (C=O) groups is 1. The second-order valence-electron chi connectivity index (χ2n) is 4.85. The Morgan fingerprint density at radius 3 is 2.65 bits per heavy atom. The first kappa shape index (κ1) is 13.5. The normalized spacial score (nSPS) is 11.4. The third-order valence-corrected chi connectivity index (χ3v) is 2.97. The fourth-order valence-electron chi connectivity index (χ4n) is 1.25. The monoisotopic (exact) mass is 240 g/mol. The van der Waals surface area contributed by atoms with Crippen molar-refractivity contribution in [3.63, 3.8) is 0 Å². The van der Waals surface area contributed by atoms with Crippen LogP contribution in [0.3, 0.4) is 0 Å². The molecule has 5 nitrogen and oxygen atoms in total. The minimum atomic E-state index is -0.226. The number of nitrogens with one attached hydrogen (secondary N) is 1. The smallest absolute Gasteiger partial charge is 0.314 e. The minimum absolute atomic E-state index is 0.0807. The van der Waals surface area contributed by atoms with E-state index in [-0.39, 0.29) is 23.0 Å². The number of aromatic nitrogens is 1. The summed E-state index contributed by atoms with van der Waals surface area (Å²) in [5.41, 5.74) is 0.991. The third-order valence-electron chi connectivity index (χ3n) is 2.97. The molecule has 0 aromatic carbocycles. The molecule has 0 unspecified atom stereocenters. The second-order valence-corrected chi connectivity index (χ2v) is 4.85. The Morgan fingerprint density at radius 1 is 1.53 bits per heavy atom. The van der Waals surface area contributed by atoms with E-state index in [4.69, 9.17) is 9.26 Å². The molecule has 0 radical (unpaired) electrons. The van der Waals surface area contributed by atoms with Crippen molar-refractivity contribution in [3.05, 3.63) is 11.3 Å². The van der Waals surface area contributed by atoms with Crippen LogP contribution in [0.15, 0.2) is 4.52 Å². The van der Waals surface area contributed by atoms with Crippen LogP contribution >= 0.6 is 0 Å². The molecule has 0 saturated heterocycles. The van der Waals surface area contributed by atoms with Gasteiger partial charge in [-0.1, -0.05) is 25.9 Å². The molecule has 1 rings (SSSR count). The zero-order valence-electron chi connectivity index (χ0n) is 11.1. The Hall–Kier alpha value is -1.52. The van der Waals surface area contributed by atoms with Gasteiger partial charge in [0.2, 0.25) is 0 Å². The van der Waals surface area contributed by atoms with Crippen LogP contribution < -0.4 is 10.1 Å². The maximum Gasteiger partial charge on any atom is 0.314 e. The van der Waals surface area contributed by atoms with Gasteiger partial charge in [-0.15, -0.1) is 0 Å². The maximum atomic E-state index is 11.9. The maximum absolute atomic E-state index is 11.9. The molecule has 17 heavy (non-hydrogen) atoms. The molecule has 1 heterocycles. The van der Waals surface area contributed by atoms with Gasteiger partial charge in [0.05, 0.1) is 12.7 Å². The van der Waals surface area contributed by atoms with E-state index in [1.807, 2.05) is 0 Å².